The number of hydrogen-bond acceptors (Lipinski definition) is 1. The average Bonchev–Trinajstić information content (AvgIpc) is 3.15. The van der Waals surface area contributed by atoms with E-state index in [0.29, 0.717) is 0 Å². The molecule has 0 aliphatic heterocycles. The van der Waals surface area contributed by atoms with E-state index in [1.165, 1.54) is 27.6 Å². The van der Waals surface area contributed by atoms with E-state index in [9.17, 15) is 5.11 Å². The van der Waals surface area contributed by atoms with Crippen molar-refractivity contribution in [2.75, 3.05) is 0 Å². The summed E-state index contributed by atoms with van der Waals surface area (Å²) in [6, 6.07) is 34.7. The number of phenolic OH excluding ortho intramolecular Hbond substituents is 1. The third-order valence-electron chi connectivity index (χ3n) is 5.13. The van der Waals surface area contributed by atoms with Crippen molar-refractivity contribution in [1.29, 1.82) is 0 Å². The van der Waals surface area contributed by atoms with E-state index in [0.717, 1.165) is 16.8 Å². The number of benzene rings is 4. The molecule has 2 heteroatoms. The van der Waals surface area contributed by atoms with Crippen LogP contribution < -0.4 is 0 Å². The Balaban J connectivity index is 1.88. The summed E-state index contributed by atoms with van der Waals surface area (Å²) in [7, 11) is 0. The van der Waals surface area contributed by atoms with E-state index in [1.54, 1.807) is 12.1 Å². The lowest BCUT2D eigenvalue weighted by molar-refractivity contribution is 0.475. The van der Waals surface area contributed by atoms with Crippen molar-refractivity contribution in [1.82, 2.24) is 4.98 Å². The van der Waals surface area contributed by atoms with Gasteiger partial charge in [-0.1, -0.05) is 72.8 Å². The van der Waals surface area contributed by atoms with Gasteiger partial charge in [-0.05, 0) is 52.6 Å². The van der Waals surface area contributed by atoms with Gasteiger partial charge in [0, 0.05) is 16.5 Å². The molecule has 0 radical (unpaired) electrons. The molecular weight excluding hydrogens is 342 g/mol. The minimum absolute atomic E-state index is 0.270. The van der Waals surface area contributed by atoms with Gasteiger partial charge in [-0.15, -0.1) is 0 Å². The quantitative estimate of drug-likeness (QED) is 0.361. The van der Waals surface area contributed by atoms with Crippen LogP contribution in [0.2, 0.25) is 0 Å². The first-order chi connectivity index (χ1) is 13.8. The number of aromatic nitrogens is 1. The third-order valence-corrected chi connectivity index (χ3v) is 5.13. The fraction of sp³-hybridized carbons (Fsp3) is 0. The van der Waals surface area contributed by atoms with Crippen molar-refractivity contribution >= 4 is 10.9 Å². The van der Waals surface area contributed by atoms with Gasteiger partial charge >= 0.3 is 0 Å². The zero-order chi connectivity index (χ0) is 18.9. The molecule has 1 heterocycles. The van der Waals surface area contributed by atoms with Gasteiger partial charge in [-0.25, -0.2) is 0 Å². The van der Waals surface area contributed by atoms with Crippen LogP contribution in [0.4, 0.5) is 0 Å². The maximum atomic E-state index is 9.71. The summed E-state index contributed by atoms with van der Waals surface area (Å²) in [6.07, 6.45) is 0. The van der Waals surface area contributed by atoms with Crippen LogP contribution in [-0.2, 0) is 0 Å². The highest BCUT2D eigenvalue weighted by Gasteiger charge is 2.18. The molecular formula is C26H19NO. The zero-order valence-electron chi connectivity index (χ0n) is 15.3. The summed E-state index contributed by atoms with van der Waals surface area (Å²) in [6.45, 7) is 0. The van der Waals surface area contributed by atoms with Crippen LogP contribution in [0.1, 0.15) is 0 Å². The molecule has 28 heavy (non-hydrogen) atoms. The molecule has 0 atom stereocenters. The predicted molar refractivity (Wildman–Crippen MR) is 116 cm³/mol. The molecule has 0 spiro atoms. The Morgan fingerprint density at radius 1 is 0.536 bits per heavy atom. The maximum Gasteiger partial charge on any atom is 0.115 e. The Kier molecular flexibility index (Phi) is 3.95. The third kappa shape index (κ3) is 2.76. The SMILES string of the molecule is Oc1ccc(-c2[nH]c3cccc(-c4ccccc4)c3c2-c2ccccc2)cc1. The largest absolute Gasteiger partial charge is 0.508 e. The standard InChI is InChI=1S/C26H19NO/c28-21-16-14-20(15-17-21)26-24(19-10-5-2-6-11-19)25-22(12-7-13-23(25)27-26)18-8-3-1-4-9-18/h1-17,27-28H. The van der Waals surface area contributed by atoms with Crippen LogP contribution in [0.15, 0.2) is 103 Å². The molecule has 5 rings (SSSR count). The van der Waals surface area contributed by atoms with Gasteiger partial charge in [0.15, 0.2) is 0 Å². The van der Waals surface area contributed by atoms with E-state index >= 15 is 0 Å². The Morgan fingerprint density at radius 2 is 1.18 bits per heavy atom. The van der Waals surface area contributed by atoms with Gasteiger partial charge in [0.25, 0.3) is 0 Å². The molecule has 5 aromatic rings. The zero-order valence-corrected chi connectivity index (χ0v) is 15.3. The van der Waals surface area contributed by atoms with Crippen molar-refractivity contribution in [2.45, 2.75) is 0 Å². The van der Waals surface area contributed by atoms with Gasteiger partial charge in [0.05, 0.1) is 5.69 Å². The summed E-state index contributed by atoms with van der Waals surface area (Å²) in [5, 5.41) is 10.9. The smallest absolute Gasteiger partial charge is 0.115 e. The maximum absolute atomic E-state index is 9.71. The van der Waals surface area contributed by atoms with Crippen LogP contribution in [0.25, 0.3) is 44.4 Å². The monoisotopic (exact) mass is 361 g/mol. The minimum atomic E-state index is 0.270. The lowest BCUT2D eigenvalue weighted by Gasteiger charge is -2.09. The fourth-order valence-electron chi connectivity index (χ4n) is 3.84. The first-order valence-electron chi connectivity index (χ1n) is 9.36. The van der Waals surface area contributed by atoms with Crippen LogP contribution >= 0.6 is 0 Å². The Bertz CT molecular complexity index is 1240. The molecule has 0 fully saturated rings. The highest BCUT2D eigenvalue weighted by atomic mass is 16.3. The van der Waals surface area contributed by atoms with Crippen LogP contribution in [-0.4, -0.2) is 10.1 Å². The number of aromatic amines is 1. The number of fused-ring (bicyclic) bond motifs is 1. The average molecular weight is 361 g/mol. The number of H-pyrrole nitrogens is 1. The predicted octanol–water partition coefficient (Wildman–Crippen LogP) is 6.87. The van der Waals surface area contributed by atoms with E-state index in [4.69, 9.17) is 0 Å². The normalized spacial score (nSPS) is 11.0. The minimum Gasteiger partial charge on any atom is -0.508 e. The lowest BCUT2D eigenvalue weighted by atomic mass is 9.93. The first kappa shape index (κ1) is 16.4. The molecule has 0 bridgehead atoms. The fourth-order valence-corrected chi connectivity index (χ4v) is 3.84. The van der Waals surface area contributed by atoms with Crippen molar-refractivity contribution < 1.29 is 5.11 Å². The first-order valence-corrected chi connectivity index (χ1v) is 9.36. The summed E-state index contributed by atoms with van der Waals surface area (Å²) >= 11 is 0. The molecule has 0 saturated heterocycles. The van der Waals surface area contributed by atoms with Crippen LogP contribution in [0, 0.1) is 0 Å². The van der Waals surface area contributed by atoms with Crippen molar-refractivity contribution in [3.8, 4) is 39.3 Å². The van der Waals surface area contributed by atoms with Crippen molar-refractivity contribution in [3.63, 3.8) is 0 Å². The van der Waals surface area contributed by atoms with Crippen molar-refractivity contribution in [3.05, 3.63) is 103 Å². The van der Waals surface area contributed by atoms with Gasteiger partial charge in [-0.2, -0.15) is 0 Å². The van der Waals surface area contributed by atoms with Gasteiger partial charge in [0.2, 0.25) is 0 Å². The highest BCUT2D eigenvalue weighted by Crippen LogP contribution is 2.42. The second-order valence-electron chi connectivity index (χ2n) is 6.88. The molecule has 0 unspecified atom stereocenters. The Hall–Kier alpha value is -3.78. The topological polar surface area (TPSA) is 36.0 Å². The molecule has 2 N–H and O–H groups in total. The summed E-state index contributed by atoms with van der Waals surface area (Å²) < 4.78 is 0. The van der Waals surface area contributed by atoms with E-state index < -0.39 is 0 Å². The Labute approximate surface area is 163 Å². The summed E-state index contributed by atoms with van der Waals surface area (Å²) in [4.78, 5) is 3.63. The Morgan fingerprint density at radius 3 is 1.86 bits per heavy atom. The van der Waals surface area contributed by atoms with Gasteiger partial charge in [-0.3, -0.25) is 0 Å². The van der Waals surface area contributed by atoms with Crippen LogP contribution in [0.5, 0.6) is 5.75 Å². The number of nitrogens with one attached hydrogen (secondary N) is 1. The second kappa shape index (κ2) is 6.75. The van der Waals surface area contributed by atoms with E-state index in [1.807, 2.05) is 24.3 Å². The van der Waals surface area contributed by atoms with Gasteiger partial charge < -0.3 is 10.1 Å². The molecule has 1 aromatic heterocycles. The number of rotatable bonds is 3. The second-order valence-corrected chi connectivity index (χ2v) is 6.88. The number of aromatic hydroxyl groups is 1. The summed E-state index contributed by atoms with van der Waals surface area (Å²) in [5.74, 6) is 0.270. The molecule has 0 aliphatic carbocycles. The molecule has 0 saturated carbocycles. The lowest BCUT2D eigenvalue weighted by Crippen LogP contribution is -1.84. The number of hydrogen-bond donors (Lipinski definition) is 2. The van der Waals surface area contributed by atoms with Crippen molar-refractivity contribution in [2.24, 2.45) is 0 Å². The number of phenols is 1. The summed E-state index contributed by atoms with van der Waals surface area (Å²) in [5.41, 5.74) is 7.96. The molecule has 2 nitrogen and oxygen atoms in total. The molecule has 134 valence electrons. The molecule has 4 aromatic carbocycles. The molecule has 0 amide bonds. The van der Waals surface area contributed by atoms with E-state index in [-0.39, 0.29) is 5.75 Å². The van der Waals surface area contributed by atoms with Gasteiger partial charge in [0.1, 0.15) is 5.75 Å². The highest BCUT2D eigenvalue weighted by molar-refractivity contribution is 6.10. The van der Waals surface area contributed by atoms with Crippen LogP contribution in [0.3, 0.4) is 0 Å². The van der Waals surface area contributed by atoms with E-state index in [2.05, 4.69) is 71.7 Å². The molecule has 0 aliphatic rings.